The second kappa shape index (κ2) is 1.79. The number of hydrogen-bond donors (Lipinski definition) is 0. The first kappa shape index (κ1) is 4.51. The van der Waals surface area contributed by atoms with Gasteiger partial charge in [0.25, 0.3) is 0 Å². The van der Waals surface area contributed by atoms with Gasteiger partial charge in [0.1, 0.15) is 0 Å². The summed E-state index contributed by atoms with van der Waals surface area (Å²) >= 11 is 7.62. The van der Waals surface area contributed by atoms with Crippen LogP contribution in [-0.2, 0) is 0 Å². The summed E-state index contributed by atoms with van der Waals surface area (Å²) in [6.07, 6.45) is 0. The summed E-state index contributed by atoms with van der Waals surface area (Å²) in [6.45, 7) is 4.71. The molecule has 0 aliphatic carbocycles. The third kappa shape index (κ3) is 22.0. The molecule has 0 aromatic carbocycles. The molecular weight excluding hydrogens is 139 g/mol. The Morgan fingerprint density at radius 1 is 2.00 bits per heavy atom. The fraction of sp³-hybridized carbons (Fsp3) is 0. The largest absolute Gasteiger partial charge is 0.0834 e. The monoisotopic (exact) mass is 139 g/mol. The van der Waals surface area contributed by atoms with Gasteiger partial charge < -0.3 is 0 Å². The number of hydrogen-bond acceptors (Lipinski definition) is 0. The van der Waals surface area contributed by atoms with E-state index in [-0.39, 0.29) is 3.94 Å². The van der Waals surface area contributed by atoms with Crippen molar-refractivity contribution in [1.29, 1.82) is 0 Å². The summed E-state index contributed by atoms with van der Waals surface area (Å²) in [4.78, 5) is 0. The van der Waals surface area contributed by atoms with Gasteiger partial charge in [-0.15, -0.1) is 0 Å². The maximum absolute atomic E-state index is 4.89. The molecule has 0 bridgehead atoms. The summed E-state index contributed by atoms with van der Waals surface area (Å²) in [5, 5.41) is 0. The second-order valence-corrected chi connectivity index (χ2v) is 2.01. The maximum atomic E-state index is 4.89. The van der Waals surface area contributed by atoms with Gasteiger partial charge in [-0.3, -0.25) is 0 Å². The van der Waals surface area contributed by atoms with Gasteiger partial charge in [0, 0.05) is 0 Å². The molecule has 0 aliphatic rings. The Balaban J connectivity index is 2.80. The zero-order valence-electron chi connectivity index (χ0n) is 1.83. The van der Waals surface area contributed by atoms with E-state index < -0.39 is 0 Å². The molecule has 1 radical (unpaired) electrons. The minimum atomic E-state index is 0.201. The van der Waals surface area contributed by atoms with Gasteiger partial charge in [0.15, 0.2) is 0 Å². The highest BCUT2D eigenvalue weighted by molar-refractivity contribution is 9.12. The van der Waals surface area contributed by atoms with Crippen LogP contribution in [0.5, 0.6) is 0 Å². The maximum Gasteiger partial charge on any atom is 0.0834 e. The van der Waals surface area contributed by atoms with Gasteiger partial charge in [-0.1, -0.05) is 11.6 Å². The molecule has 0 fully saturated rings. The van der Waals surface area contributed by atoms with Crippen LogP contribution < -0.4 is 0 Å². The lowest BCUT2D eigenvalue weighted by Crippen LogP contribution is -1.23. The molecule has 23 valence electrons. The third-order valence-electron chi connectivity index (χ3n) is 0. The molecule has 0 rings (SSSR count). The van der Waals surface area contributed by atoms with Crippen molar-refractivity contribution in [3.05, 3.63) is 10.5 Å². The van der Waals surface area contributed by atoms with E-state index in [4.69, 9.17) is 18.2 Å². The second-order valence-electron chi connectivity index (χ2n) is 0.290. The van der Waals surface area contributed by atoms with Crippen LogP contribution in [0.4, 0.5) is 0 Å². The highest BCUT2D eigenvalue weighted by Crippen LogP contribution is 2.02. The molecule has 0 heterocycles. The first-order valence-electron chi connectivity index (χ1n) is 0.667. The van der Waals surface area contributed by atoms with E-state index in [1.54, 1.807) is 0 Å². The molecule has 2 heteroatoms. The zero-order chi connectivity index (χ0) is 3.58. The Morgan fingerprint density at radius 2 is 2.00 bits per heavy atom. The van der Waals surface area contributed by atoms with Crippen molar-refractivity contribution < 1.29 is 0 Å². The van der Waals surface area contributed by atoms with Crippen LogP contribution in [0.2, 0.25) is 0 Å². The molecule has 0 aromatic rings. The molecule has 0 atom stereocenters. The van der Waals surface area contributed by atoms with Crippen LogP contribution in [0.25, 0.3) is 0 Å². The van der Waals surface area contributed by atoms with Gasteiger partial charge in [-0.25, -0.2) is 0 Å². The van der Waals surface area contributed by atoms with Crippen molar-refractivity contribution in [1.82, 2.24) is 0 Å². The number of halogens is 2. The smallest absolute Gasteiger partial charge is 0.0762 e. The fourth-order valence-corrected chi connectivity index (χ4v) is 0. The standard InChI is InChI=1S/C2HBrCl/c1-2(3)4/h1H. The Kier molecular flexibility index (Phi) is 2.02. The lowest BCUT2D eigenvalue weighted by Gasteiger charge is -1.57. The molecule has 0 saturated carbocycles. The van der Waals surface area contributed by atoms with E-state index in [9.17, 15) is 0 Å². The van der Waals surface area contributed by atoms with E-state index in [1.165, 1.54) is 0 Å². The molecule has 0 nitrogen and oxygen atoms in total. The van der Waals surface area contributed by atoms with Gasteiger partial charge in [-0.05, 0) is 22.5 Å². The number of rotatable bonds is 0. The first-order valence-corrected chi connectivity index (χ1v) is 1.84. The lowest BCUT2D eigenvalue weighted by molar-refractivity contribution is 2.44. The minimum Gasteiger partial charge on any atom is -0.0762 e. The van der Waals surface area contributed by atoms with Crippen molar-refractivity contribution in [2.45, 2.75) is 0 Å². The van der Waals surface area contributed by atoms with Crippen molar-refractivity contribution in [3.8, 4) is 0 Å². The summed E-state index contributed by atoms with van der Waals surface area (Å²) in [6, 6.07) is 0. The van der Waals surface area contributed by atoms with Gasteiger partial charge in [0.05, 0.1) is 3.94 Å². The Labute approximate surface area is 38.6 Å². The predicted molar refractivity (Wildman–Crippen MR) is 22.6 cm³/mol. The highest BCUT2D eigenvalue weighted by Gasteiger charge is 1.60. The van der Waals surface area contributed by atoms with E-state index >= 15 is 0 Å². The van der Waals surface area contributed by atoms with Crippen LogP contribution in [0.15, 0.2) is 3.94 Å². The first-order chi connectivity index (χ1) is 1.73. The Morgan fingerprint density at radius 3 is 2.00 bits per heavy atom. The quantitative estimate of drug-likeness (QED) is 0.482. The molecule has 0 unspecified atom stereocenters. The van der Waals surface area contributed by atoms with Gasteiger partial charge >= 0.3 is 0 Å². The highest BCUT2D eigenvalue weighted by atomic mass is 79.9. The van der Waals surface area contributed by atoms with Crippen LogP contribution >= 0.6 is 27.5 Å². The summed E-state index contributed by atoms with van der Waals surface area (Å²) in [5.41, 5.74) is 0. The Hall–Kier alpha value is 0.510. The van der Waals surface area contributed by atoms with E-state index in [0.29, 0.717) is 0 Å². The van der Waals surface area contributed by atoms with Crippen LogP contribution in [0.3, 0.4) is 0 Å². The third-order valence-corrected chi connectivity index (χ3v) is 0. The SMILES string of the molecule is [CH]=C(Cl)Br. The Bertz CT molecular complexity index is 29.0. The average Bonchev–Trinajstić information content (AvgIpc) is 0.811. The summed E-state index contributed by atoms with van der Waals surface area (Å²) in [5.74, 6) is 0. The molecule has 0 saturated heterocycles. The molecular formula is C2HBrCl. The van der Waals surface area contributed by atoms with E-state index in [0.717, 1.165) is 0 Å². The fourth-order valence-electron chi connectivity index (χ4n) is 0. The normalized spacial score (nSPS) is 6.50. The van der Waals surface area contributed by atoms with Crippen LogP contribution in [0, 0.1) is 6.58 Å². The topological polar surface area (TPSA) is 0 Å². The van der Waals surface area contributed by atoms with Gasteiger partial charge in [-0.2, -0.15) is 0 Å². The van der Waals surface area contributed by atoms with Gasteiger partial charge in [0.2, 0.25) is 0 Å². The molecule has 0 aromatic heterocycles. The van der Waals surface area contributed by atoms with Crippen LogP contribution in [0.1, 0.15) is 0 Å². The summed E-state index contributed by atoms with van der Waals surface area (Å²) in [7, 11) is 0. The lowest BCUT2D eigenvalue weighted by atomic mass is 11.3. The molecule has 0 N–H and O–H groups in total. The van der Waals surface area contributed by atoms with E-state index in [1.807, 2.05) is 0 Å². The van der Waals surface area contributed by atoms with Crippen molar-refractivity contribution in [2.75, 3.05) is 0 Å². The molecule has 0 spiro atoms. The molecule has 4 heavy (non-hydrogen) atoms. The molecule has 0 amide bonds. The van der Waals surface area contributed by atoms with Crippen molar-refractivity contribution >= 4 is 27.5 Å². The minimum absolute atomic E-state index is 0.201. The molecule has 0 aliphatic heterocycles. The summed E-state index contributed by atoms with van der Waals surface area (Å²) < 4.78 is 0.201. The predicted octanol–water partition coefficient (Wildman–Crippen LogP) is 1.89. The van der Waals surface area contributed by atoms with Crippen LogP contribution in [-0.4, -0.2) is 0 Å². The van der Waals surface area contributed by atoms with E-state index in [2.05, 4.69) is 15.9 Å². The average molecular weight is 140 g/mol. The van der Waals surface area contributed by atoms with Crippen molar-refractivity contribution in [3.63, 3.8) is 0 Å². The zero-order valence-corrected chi connectivity index (χ0v) is 4.18. The van der Waals surface area contributed by atoms with Crippen molar-refractivity contribution in [2.24, 2.45) is 0 Å².